The van der Waals surface area contributed by atoms with Crippen LogP contribution in [0.5, 0.6) is 0 Å². The molecular formula is C14H21BrN2O2. The van der Waals surface area contributed by atoms with Gasteiger partial charge >= 0.3 is 0 Å². The zero-order valence-corrected chi connectivity index (χ0v) is 13.1. The van der Waals surface area contributed by atoms with Crippen molar-refractivity contribution in [2.24, 2.45) is 5.92 Å². The molecule has 1 saturated heterocycles. The van der Waals surface area contributed by atoms with Crippen molar-refractivity contribution in [3.63, 3.8) is 0 Å². The van der Waals surface area contributed by atoms with Gasteiger partial charge in [-0.05, 0) is 53.8 Å². The van der Waals surface area contributed by atoms with E-state index in [1.165, 1.54) is 19.1 Å². The van der Waals surface area contributed by atoms with E-state index in [0.717, 1.165) is 13.1 Å². The summed E-state index contributed by atoms with van der Waals surface area (Å²) >= 11 is 3.23. The Balaban J connectivity index is 1.92. The highest BCUT2D eigenvalue weighted by molar-refractivity contribution is 9.10. The van der Waals surface area contributed by atoms with Gasteiger partial charge < -0.3 is 9.73 Å². The summed E-state index contributed by atoms with van der Waals surface area (Å²) in [6, 6.07) is 2.09. The Morgan fingerprint density at radius 2 is 2.16 bits per heavy atom. The number of carbonyl (C=O) groups is 1. The summed E-state index contributed by atoms with van der Waals surface area (Å²) in [4.78, 5) is 14.5. The van der Waals surface area contributed by atoms with Gasteiger partial charge in [0.1, 0.15) is 0 Å². The van der Waals surface area contributed by atoms with Crippen LogP contribution in [0, 0.1) is 5.92 Å². The molecule has 0 aromatic carbocycles. The minimum atomic E-state index is -0.0783. The molecule has 1 aromatic heterocycles. The monoisotopic (exact) mass is 328 g/mol. The molecule has 1 unspecified atom stereocenters. The highest BCUT2D eigenvalue weighted by Gasteiger charge is 2.25. The average molecular weight is 329 g/mol. The second kappa shape index (κ2) is 6.57. The first-order valence-corrected chi connectivity index (χ1v) is 7.64. The number of rotatable bonds is 5. The Labute approximate surface area is 122 Å². The molecule has 2 heterocycles. The van der Waals surface area contributed by atoms with Gasteiger partial charge in [0, 0.05) is 12.6 Å². The lowest BCUT2D eigenvalue weighted by Crippen LogP contribution is -2.45. The van der Waals surface area contributed by atoms with Crippen molar-refractivity contribution in [3.8, 4) is 0 Å². The molecule has 4 nitrogen and oxygen atoms in total. The third-order valence-corrected chi connectivity index (χ3v) is 4.33. The van der Waals surface area contributed by atoms with Gasteiger partial charge in [-0.2, -0.15) is 0 Å². The first-order valence-electron chi connectivity index (χ1n) is 6.85. The van der Waals surface area contributed by atoms with Crippen LogP contribution in [0.3, 0.4) is 0 Å². The number of carbonyl (C=O) groups excluding carboxylic acids is 1. The molecular weight excluding hydrogens is 308 g/mol. The van der Waals surface area contributed by atoms with Gasteiger partial charge in [-0.1, -0.05) is 13.8 Å². The Hall–Kier alpha value is -0.810. The highest BCUT2D eigenvalue weighted by atomic mass is 79.9. The van der Waals surface area contributed by atoms with Crippen molar-refractivity contribution in [2.75, 3.05) is 19.6 Å². The fraction of sp³-hybridized carbons (Fsp3) is 0.643. The molecule has 1 atom stereocenters. The van der Waals surface area contributed by atoms with Crippen molar-refractivity contribution in [3.05, 3.63) is 22.6 Å². The summed E-state index contributed by atoms with van der Waals surface area (Å²) in [7, 11) is 0. The van der Waals surface area contributed by atoms with E-state index in [9.17, 15) is 4.79 Å². The Bertz CT molecular complexity index is 425. The van der Waals surface area contributed by atoms with Crippen molar-refractivity contribution in [1.82, 2.24) is 10.2 Å². The summed E-state index contributed by atoms with van der Waals surface area (Å²) < 4.78 is 5.58. The fourth-order valence-electron chi connectivity index (χ4n) is 2.61. The van der Waals surface area contributed by atoms with Gasteiger partial charge in [0.05, 0.1) is 11.8 Å². The van der Waals surface area contributed by atoms with Gasteiger partial charge in [-0.15, -0.1) is 0 Å². The number of hydrogen-bond acceptors (Lipinski definition) is 3. The predicted molar refractivity (Wildman–Crippen MR) is 78.2 cm³/mol. The zero-order valence-electron chi connectivity index (χ0n) is 11.5. The van der Waals surface area contributed by atoms with Crippen LogP contribution in [-0.4, -0.2) is 36.5 Å². The zero-order chi connectivity index (χ0) is 13.8. The Morgan fingerprint density at radius 1 is 1.47 bits per heavy atom. The van der Waals surface area contributed by atoms with E-state index >= 15 is 0 Å². The molecule has 1 aliphatic heterocycles. The van der Waals surface area contributed by atoms with Crippen LogP contribution in [0.25, 0.3) is 0 Å². The molecule has 0 saturated carbocycles. The number of likely N-dealkylation sites (tertiary alicyclic amines) is 1. The average Bonchev–Trinajstić information content (AvgIpc) is 3.00. The third kappa shape index (κ3) is 3.60. The molecule has 1 fully saturated rings. The number of furan rings is 1. The van der Waals surface area contributed by atoms with Crippen molar-refractivity contribution >= 4 is 21.8 Å². The third-order valence-electron chi connectivity index (χ3n) is 3.71. The highest BCUT2D eigenvalue weighted by Crippen LogP contribution is 2.19. The van der Waals surface area contributed by atoms with E-state index < -0.39 is 0 Å². The fourth-order valence-corrected chi connectivity index (χ4v) is 3.03. The van der Waals surface area contributed by atoms with E-state index in [0.29, 0.717) is 28.7 Å². The largest absolute Gasteiger partial charge is 0.457 e. The molecule has 2 rings (SSSR count). The molecule has 106 valence electrons. The maximum Gasteiger partial charge on any atom is 0.255 e. The molecule has 19 heavy (non-hydrogen) atoms. The van der Waals surface area contributed by atoms with E-state index in [1.807, 2.05) is 0 Å². The van der Waals surface area contributed by atoms with Crippen LogP contribution in [0.15, 0.2) is 21.4 Å². The van der Waals surface area contributed by atoms with E-state index in [4.69, 9.17) is 4.42 Å². The predicted octanol–water partition coefficient (Wildman–Crippen LogP) is 2.89. The topological polar surface area (TPSA) is 45.5 Å². The molecule has 0 spiro atoms. The molecule has 0 aliphatic carbocycles. The van der Waals surface area contributed by atoms with Crippen LogP contribution in [0.2, 0.25) is 0 Å². The van der Waals surface area contributed by atoms with Crippen LogP contribution in [0.4, 0.5) is 0 Å². The number of nitrogens with one attached hydrogen (secondary N) is 1. The molecule has 0 bridgehead atoms. The Kier molecular flexibility index (Phi) is 5.05. The van der Waals surface area contributed by atoms with Crippen LogP contribution in [0.1, 0.15) is 37.0 Å². The summed E-state index contributed by atoms with van der Waals surface area (Å²) in [5.74, 6) is 0.455. The van der Waals surface area contributed by atoms with Gasteiger partial charge in [0.15, 0.2) is 4.67 Å². The quantitative estimate of drug-likeness (QED) is 0.903. The number of halogens is 1. The minimum Gasteiger partial charge on any atom is -0.457 e. The molecule has 0 radical (unpaired) electrons. The number of hydrogen-bond donors (Lipinski definition) is 1. The number of amides is 1. The van der Waals surface area contributed by atoms with Crippen molar-refractivity contribution < 1.29 is 9.21 Å². The van der Waals surface area contributed by atoms with Gasteiger partial charge in [0.25, 0.3) is 5.91 Å². The summed E-state index contributed by atoms with van der Waals surface area (Å²) in [6.45, 7) is 7.40. The van der Waals surface area contributed by atoms with Crippen LogP contribution in [-0.2, 0) is 0 Å². The summed E-state index contributed by atoms with van der Waals surface area (Å²) in [5, 5.41) is 3.01. The lowest BCUT2D eigenvalue weighted by molar-refractivity contribution is 0.0925. The summed E-state index contributed by atoms with van der Waals surface area (Å²) in [6.07, 6.45) is 4.05. The second-order valence-electron chi connectivity index (χ2n) is 5.37. The SMILES string of the molecule is CC(C)C(CNC(=O)c1ccoc1Br)N1CCCC1. The Morgan fingerprint density at radius 3 is 2.68 bits per heavy atom. The van der Waals surface area contributed by atoms with E-state index in [1.54, 1.807) is 6.07 Å². The van der Waals surface area contributed by atoms with Crippen molar-refractivity contribution in [2.45, 2.75) is 32.7 Å². The van der Waals surface area contributed by atoms with Gasteiger partial charge in [-0.25, -0.2) is 0 Å². The van der Waals surface area contributed by atoms with Crippen LogP contribution >= 0.6 is 15.9 Å². The van der Waals surface area contributed by atoms with Gasteiger partial charge in [-0.3, -0.25) is 9.69 Å². The van der Waals surface area contributed by atoms with Gasteiger partial charge in [0.2, 0.25) is 0 Å². The van der Waals surface area contributed by atoms with E-state index in [2.05, 4.69) is 40.0 Å². The minimum absolute atomic E-state index is 0.0783. The first-order chi connectivity index (χ1) is 9.09. The standard InChI is InChI=1S/C14H21BrN2O2/c1-10(2)12(17-6-3-4-7-17)9-16-14(18)11-5-8-19-13(11)15/h5,8,10,12H,3-4,6-7,9H2,1-2H3,(H,16,18). The molecule has 5 heteroatoms. The smallest absolute Gasteiger partial charge is 0.255 e. The maximum atomic E-state index is 12.0. The lowest BCUT2D eigenvalue weighted by atomic mass is 10.0. The number of nitrogens with zero attached hydrogens (tertiary/aromatic N) is 1. The normalized spacial score (nSPS) is 17.9. The summed E-state index contributed by atoms with van der Waals surface area (Å²) in [5.41, 5.74) is 0.559. The lowest BCUT2D eigenvalue weighted by Gasteiger charge is -2.30. The van der Waals surface area contributed by atoms with Crippen LogP contribution < -0.4 is 5.32 Å². The molecule has 1 aliphatic rings. The molecule has 1 aromatic rings. The first kappa shape index (κ1) is 14.6. The molecule has 1 N–H and O–H groups in total. The van der Waals surface area contributed by atoms with Crippen molar-refractivity contribution in [1.29, 1.82) is 0 Å². The maximum absolute atomic E-state index is 12.0. The second-order valence-corrected chi connectivity index (χ2v) is 6.09. The van der Waals surface area contributed by atoms with E-state index in [-0.39, 0.29) is 5.91 Å². The molecule has 1 amide bonds.